The third kappa shape index (κ3) is 3.58. The van der Waals surface area contributed by atoms with E-state index in [-0.39, 0.29) is 18.3 Å². The number of piperidine rings is 1. The van der Waals surface area contributed by atoms with Crippen LogP contribution in [0.3, 0.4) is 0 Å². The van der Waals surface area contributed by atoms with Crippen LogP contribution in [-0.4, -0.2) is 28.9 Å². The summed E-state index contributed by atoms with van der Waals surface area (Å²) in [5.74, 6) is 0.102. The van der Waals surface area contributed by atoms with Crippen molar-refractivity contribution in [2.45, 2.75) is 51.5 Å². The van der Waals surface area contributed by atoms with Crippen LogP contribution in [0.25, 0.3) is 0 Å². The number of aromatic nitrogens is 1. The Morgan fingerprint density at radius 1 is 1.29 bits per heavy atom. The molecule has 1 aliphatic heterocycles. The van der Waals surface area contributed by atoms with Gasteiger partial charge in [-0.3, -0.25) is 4.79 Å². The Morgan fingerprint density at radius 3 is 2.67 bits per heavy atom. The molecule has 1 amide bonds. The number of nitrogens with zero attached hydrogens (tertiary/aromatic N) is 2. The van der Waals surface area contributed by atoms with Gasteiger partial charge >= 0.3 is 0 Å². The number of hydrogen-bond donors (Lipinski definition) is 1. The largest absolute Gasteiger partial charge is 0.337 e. The van der Waals surface area contributed by atoms with Crippen LogP contribution in [0, 0.1) is 5.41 Å². The van der Waals surface area contributed by atoms with Gasteiger partial charge in [0.15, 0.2) is 0 Å². The van der Waals surface area contributed by atoms with Gasteiger partial charge in [-0.25, -0.2) is 4.98 Å². The van der Waals surface area contributed by atoms with Crippen LogP contribution >= 0.6 is 23.7 Å². The predicted octanol–water partition coefficient (Wildman–Crippen LogP) is 3.21. The zero-order valence-corrected chi connectivity index (χ0v) is 14.0. The third-order valence-corrected chi connectivity index (χ3v) is 5.68. The first-order valence-electron chi connectivity index (χ1n) is 7.66. The molecular weight excluding hydrogens is 306 g/mol. The highest BCUT2D eigenvalue weighted by molar-refractivity contribution is 7.09. The molecular formula is C15H24ClN3OS. The first-order chi connectivity index (χ1) is 9.72. The average Bonchev–Trinajstić information content (AvgIpc) is 2.96. The summed E-state index contributed by atoms with van der Waals surface area (Å²) in [7, 11) is 0. The molecule has 118 valence electrons. The lowest BCUT2D eigenvalue weighted by molar-refractivity contribution is 0.0380. The normalized spacial score (nSPS) is 21.1. The number of thiazole rings is 1. The molecule has 2 fully saturated rings. The predicted molar refractivity (Wildman–Crippen MR) is 87.9 cm³/mol. The van der Waals surface area contributed by atoms with Gasteiger partial charge in [0.05, 0.1) is 0 Å². The van der Waals surface area contributed by atoms with Gasteiger partial charge in [0, 0.05) is 25.0 Å². The minimum Gasteiger partial charge on any atom is -0.337 e. The summed E-state index contributed by atoms with van der Waals surface area (Å²) in [6, 6.07) is 0. The maximum absolute atomic E-state index is 12.6. The SMILES string of the molecule is Cl.NCc1nc(C(=O)N2CCCC3(CCCCC3)C2)cs1. The molecule has 0 unspecified atom stereocenters. The van der Waals surface area contributed by atoms with Crippen LogP contribution in [0.5, 0.6) is 0 Å². The lowest BCUT2D eigenvalue weighted by Gasteiger charge is -2.45. The van der Waals surface area contributed by atoms with Gasteiger partial charge in [-0.2, -0.15) is 0 Å². The van der Waals surface area contributed by atoms with Crippen LogP contribution in [0.2, 0.25) is 0 Å². The van der Waals surface area contributed by atoms with Crippen molar-refractivity contribution in [1.29, 1.82) is 0 Å². The standard InChI is InChI=1S/C15H23N3OS.ClH/c16-9-13-17-12(10-20-13)14(19)18-8-4-7-15(11-18)5-2-1-3-6-15;/h10H,1-9,11,16H2;1H. The molecule has 0 radical (unpaired) electrons. The molecule has 1 aromatic rings. The van der Waals surface area contributed by atoms with E-state index in [0.29, 0.717) is 17.7 Å². The van der Waals surface area contributed by atoms with Crippen LogP contribution in [0.4, 0.5) is 0 Å². The summed E-state index contributed by atoms with van der Waals surface area (Å²) in [6.07, 6.45) is 9.04. The van der Waals surface area contributed by atoms with E-state index >= 15 is 0 Å². The molecule has 4 nitrogen and oxygen atoms in total. The molecule has 1 spiro atoms. The fourth-order valence-corrected chi connectivity index (χ4v) is 4.40. The van der Waals surface area contributed by atoms with E-state index in [9.17, 15) is 4.79 Å². The van der Waals surface area contributed by atoms with Crippen molar-refractivity contribution in [3.63, 3.8) is 0 Å². The first-order valence-corrected chi connectivity index (χ1v) is 8.54. The molecule has 0 bridgehead atoms. The molecule has 2 heterocycles. The lowest BCUT2D eigenvalue weighted by Crippen LogP contribution is -2.47. The van der Waals surface area contributed by atoms with Gasteiger partial charge in [-0.15, -0.1) is 23.7 Å². The summed E-state index contributed by atoms with van der Waals surface area (Å²) in [4.78, 5) is 19.0. The van der Waals surface area contributed by atoms with E-state index in [1.807, 2.05) is 10.3 Å². The van der Waals surface area contributed by atoms with Crippen molar-refractivity contribution < 1.29 is 4.79 Å². The minimum atomic E-state index is 0. The maximum atomic E-state index is 12.6. The molecule has 3 rings (SSSR count). The van der Waals surface area contributed by atoms with Crippen molar-refractivity contribution >= 4 is 29.7 Å². The summed E-state index contributed by atoms with van der Waals surface area (Å²) < 4.78 is 0. The Hall–Kier alpha value is -0.650. The fourth-order valence-electron chi connectivity index (χ4n) is 3.76. The van der Waals surface area contributed by atoms with E-state index in [4.69, 9.17) is 5.73 Å². The molecule has 2 N–H and O–H groups in total. The summed E-state index contributed by atoms with van der Waals surface area (Å²) in [6.45, 7) is 2.24. The van der Waals surface area contributed by atoms with E-state index in [2.05, 4.69) is 4.98 Å². The molecule has 2 aliphatic rings. The van der Waals surface area contributed by atoms with Crippen molar-refractivity contribution in [2.24, 2.45) is 11.1 Å². The molecule has 1 aromatic heterocycles. The van der Waals surface area contributed by atoms with E-state index in [1.165, 1.54) is 49.9 Å². The van der Waals surface area contributed by atoms with Gasteiger partial charge in [0.1, 0.15) is 10.7 Å². The van der Waals surface area contributed by atoms with E-state index < -0.39 is 0 Å². The number of nitrogens with two attached hydrogens (primary N) is 1. The maximum Gasteiger partial charge on any atom is 0.273 e. The average molecular weight is 330 g/mol. The minimum absolute atomic E-state index is 0. The number of carbonyl (C=O) groups is 1. The second kappa shape index (κ2) is 7.07. The smallest absolute Gasteiger partial charge is 0.273 e. The second-order valence-electron chi connectivity index (χ2n) is 6.22. The van der Waals surface area contributed by atoms with Gasteiger partial charge in [-0.05, 0) is 31.1 Å². The van der Waals surface area contributed by atoms with Crippen LogP contribution in [-0.2, 0) is 6.54 Å². The number of likely N-dealkylation sites (tertiary alicyclic amines) is 1. The van der Waals surface area contributed by atoms with Gasteiger partial charge in [-0.1, -0.05) is 19.3 Å². The number of amides is 1. The molecule has 21 heavy (non-hydrogen) atoms. The number of carbonyl (C=O) groups excluding carboxylic acids is 1. The van der Waals surface area contributed by atoms with Crippen LogP contribution < -0.4 is 5.73 Å². The van der Waals surface area contributed by atoms with Crippen molar-refractivity contribution in [3.8, 4) is 0 Å². The monoisotopic (exact) mass is 329 g/mol. The summed E-state index contributed by atoms with van der Waals surface area (Å²) in [5, 5.41) is 2.70. The Morgan fingerprint density at radius 2 is 2.00 bits per heavy atom. The highest BCUT2D eigenvalue weighted by Gasteiger charge is 2.38. The highest BCUT2D eigenvalue weighted by Crippen LogP contribution is 2.43. The molecule has 1 saturated heterocycles. The van der Waals surface area contributed by atoms with E-state index in [0.717, 1.165) is 24.5 Å². The summed E-state index contributed by atoms with van der Waals surface area (Å²) >= 11 is 1.49. The molecule has 1 aliphatic carbocycles. The number of hydrogen-bond acceptors (Lipinski definition) is 4. The van der Waals surface area contributed by atoms with Gasteiger partial charge in [0.2, 0.25) is 0 Å². The highest BCUT2D eigenvalue weighted by atomic mass is 35.5. The Kier molecular flexibility index (Phi) is 5.63. The second-order valence-corrected chi connectivity index (χ2v) is 7.16. The van der Waals surface area contributed by atoms with Crippen LogP contribution in [0.1, 0.15) is 60.4 Å². The van der Waals surface area contributed by atoms with Crippen molar-refractivity contribution in [1.82, 2.24) is 9.88 Å². The fraction of sp³-hybridized carbons (Fsp3) is 0.733. The zero-order chi connectivity index (χ0) is 14.0. The summed E-state index contributed by atoms with van der Waals surface area (Å²) in [5.41, 5.74) is 6.56. The number of halogens is 1. The first kappa shape index (κ1) is 16.7. The Balaban J connectivity index is 0.00000161. The lowest BCUT2D eigenvalue weighted by atomic mass is 9.69. The quantitative estimate of drug-likeness (QED) is 0.906. The molecule has 0 aromatic carbocycles. The van der Waals surface area contributed by atoms with Gasteiger partial charge in [0.25, 0.3) is 5.91 Å². The van der Waals surface area contributed by atoms with Crippen molar-refractivity contribution in [3.05, 3.63) is 16.1 Å². The molecule has 1 saturated carbocycles. The molecule has 6 heteroatoms. The van der Waals surface area contributed by atoms with E-state index in [1.54, 1.807) is 0 Å². The van der Waals surface area contributed by atoms with Crippen LogP contribution in [0.15, 0.2) is 5.38 Å². The Labute approximate surface area is 136 Å². The van der Waals surface area contributed by atoms with Gasteiger partial charge < -0.3 is 10.6 Å². The molecule has 0 atom stereocenters. The number of rotatable bonds is 2. The topological polar surface area (TPSA) is 59.2 Å². The zero-order valence-electron chi connectivity index (χ0n) is 12.3. The van der Waals surface area contributed by atoms with Crippen molar-refractivity contribution in [2.75, 3.05) is 13.1 Å². The Bertz CT molecular complexity index is 480. The third-order valence-electron chi connectivity index (χ3n) is 4.81.